The van der Waals surface area contributed by atoms with Crippen LogP contribution < -0.4 is 10.1 Å². The number of benzene rings is 2. The third-order valence-corrected chi connectivity index (χ3v) is 5.64. The van der Waals surface area contributed by atoms with E-state index in [1.807, 2.05) is 36.4 Å². The molecule has 178 valence electrons. The van der Waals surface area contributed by atoms with E-state index in [2.05, 4.69) is 54.3 Å². The molecular weight excluding hydrogens is 428 g/mol. The number of carbonyl (C=O) groups is 1. The summed E-state index contributed by atoms with van der Waals surface area (Å²) in [5.41, 5.74) is 5.48. The quantitative estimate of drug-likeness (QED) is 0.412. The summed E-state index contributed by atoms with van der Waals surface area (Å²) in [4.78, 5) is 12.4. The van der Waals surface area contributed by atoms with Gasteiger partial charge in [-0.2, -0.15) is 0 Å². The van der Waals surface area contributed by atoms with Crippen LogP contribution in [0.2, 0.25) is 0 Å². The summed E-state index contributed by atoms with van der Waals surface area (Å²) in [6.07, 6.45) is 6.21. The molecule has 1 aromatic heterocycles. The van der Waals surface area contributed by atoms with Crippen LogP contribution in [0.3, 0.4) is 0 Å². The molecule has 1 heterocycles. The molecule has 1 unspecified atom stereocenters. The monoisotopic (exact) mass is 460 g/mol. The molecule has 0 fully saturated rings. The van der Waals surface area contributed by atoms with Crippen LogP contribution in [-0.4, -0.2) is 41.7 Å². The highest BCUT2D eigenvalue weighted by molar-refractivity contribution is 5.93. The van der Waals surface area contributed by atoms with Crippen LogP contribution in [0.4, 0.5) is 0 Å². The lowest BCUT2D eigenvalue weighted by Crippen LogP contribution is -2.21. The van der Waals surface area contributed by atoms with Gasteiger partial charge in [-0.1, -0.05) is 61.2 Å². The van der Waals surface area contributed by atoms with Gasteiger partial charge >= 0.3 is 0 Å². The van der Waals surface area contributed by atoms with E-state index in [0.29, 0.717) is 18.8 Å². The molecule has 1 atom stereocenters. The lowest BCUT2D eigenvalue weighted by molar-refractivity contribution is 0.0962. The van der Waals surface area contributed by atoms with Crippen molar-refractivity contribution in [1.29, 1.82) is 0 Å². The van der Waals surface area contributed by atoms with Crippen LogP contribution >= 0.6 is 0 Å². The van der Waals surface area contributed by atoms with Crippen molar-refractivity contribution in [2.75, 3.05) is 20.8 Å². The molecule has 3 aromatic rings. The summed E-state index contributed by atoms with van der Waals surface area (Å²) in [7, 11) is 3.31. The molecule has 0 aliphatic heterocycles. The molecule has 7 heteroatoms. The van der Waals surface area contributed by atoms with Crippen molar-refractivity contribution < 1.29 is 14.3 Å². The molecule has 0 aliphatic carbocycles. The van der Waals surface area contributed by atoms with Crippen molar-refractivity contribution in [3.63, 3.8) is 0 Å². The van der Waals surface area contributed by atoms with Crippen LogP contribution in [0.15, 0.2) is 73.1 Å². The minimum Gasteiger partial charge on any atom is -0.496 e. The van der Waals surface area contributed by atoms with E-state index in [1.165, 1.54) is 16.7 Å². The Hall–Kier alpha value is -3.71. The second-order valence-electron chi connectivity index (χ2n) is 8.10. The molecule has 1 N–H and O–H groups in total. The summed E-state index contributed by atoms with van der Waals surface area (Å²) in [5.74, 6) is 0.757. The third-order valence-electron chi connectivity index (χ3n) is 5.64. The molecule has 2 aromatic carbocycles. The first-order valence-corrected chi connectivity index (χ1v) is 11.2. The fraction of sp³-hybridized carbons (Fsp3) is 0.296. The second-order valence-corrected chi connectivity index (χ2v) is 8.10. The molecule has 34 heavy (non-hydrogen) atoms. The van der Waals surface area contributed by atoms with E-state index in [4.69, 9.17) is 9.47 Å². The molecule has 1 amide bonds. The predicted molar refractivity (Wildman–Crippen MR) is 134 cm³/mol. The van der Waals surface area contributed by atoms with Gasteiger partial charge in [0, 0.05) is 12.8 Å². The zero-order valence-electron chi connectivity index (χ0n) is 20.2. The van der Waals surface area contributed by atoms with Gasteiger partial charge in [0.25, 0.3) is 5.91 Å². The number of allylic oxidation sites excluding steroid dienone is 2. The maximum atomic E-state index is 12.4. The van der Waals surface area contributed by atoms with Crippen molar-refractivity contribution in [2.24, 2.45) is 0 Å². The number of nitrogens with zero attached hydrogens (tertiary/aromatic N) is 3. The van der Waals surface area contributed by atoms with Gasteiger partial charge in [0.15, 0.2) is 5.69 Å². The highest BCUT2D eigenvalue weighted by Gasteiger charge is 2.17. The molecule has 7 nitrogen and oxygen atoms in total. The van der Waals surface area contributed by atoms with Gasteiger partial charge in [-0.15, -0.1) is 5.10 Å². The van der Waals surface area contributed by atoms with Gasteiger partial charge in [0.2, 0.25) is 0 Å². The molecule has 0 spiro atoms. The molecule has 0 bridgehead atoms. The van der Waals surface area contributed by atoms with Crippen molar-refractivity contribution >= 4 is 5.91 Å². The van der Waals surface area contributed by atoms with Gasteiger partial charge in [0.05, 0.1) is 26.5 Å². The van der Waals surface area contributed by atoms with Crippen LogP contribution in [0.5, 0.6) is 5.75 Å². The summed E-state index contributed by atoms with van der Waals surface area (Å²) in [6.45, 7) is 9.26. The van der Waals surface area contributed by atoms with Gasteiger partial charge in [0.1, 0.15) is 5.75 Å². The number of aromatic nitrogens is 3. The standard InChI is InChI=1S/C27H32N4O3/c1-19(26-21(3)25(34-5)15-14-23(26)22-12-7-6-8-13-22)10-9-11-20(2)28-27(32)24-18-31(30-29-24)16-17-33-4/h6-9,11-15,18-19H,2,10,16-17H2,1,3-5H3,(H,28,32)/b11-9+. The number of methoxy groups -OCH3 is 2. The number of hydrogen-bond donors (Lipinski definition) is 1. The second kappa shape index (κ2) is 12.0. The third kappa shape index (κ3) is 6.20. The van der Waals surface area contributed by atoms with E-state index < -0.39 is 0 Å². The lowest BCUT2D eigenvalue weighted by atomic mass is 9.86. The van der Waals surface area contributed by atoms with Crippen molar-refractivity contribution in [3.8, 4) is 16.9 Å². The highest BCUT2D eigenvalue weighted by atomic mass is 16.5. The largest absolute Gasteiger partial charge is 0.496 e. The Kier molecular flexibility index (Phi) is 8.76. The maximum absolute atomic E-state index is 12.4. The number of ether oxygens (including phenoxy) is 2. The summed E-state index contributed by atoms with van der Waals surface area (Å²) in [6, 6.07) is 14.5. The van der Waals surface area contributed by atoms with Crippen molar-refractivity contribution in [2.45, 2.75) is 32.7 Å². The Balaban J connectivity index is 1.67. The number of rotatable bonds is 11. The average molecular weight is 461 g/mol. The van der Waals surface area contributed by atoms with E-state index in [0.717, 1.165) is 17.7 Å². The number of carbonyl (C=O) groups excluding carboxylic acids is 1. The summed E-state index contributed by atoms with van der Waals surface area (Å²) >= 11 is 0. The van der Waals surface area contributed by atoms with Gasteiger partial charge in [-0.05, 0) is 53.7 Å². The SMILES string of the molecule is C=C(/C=C/CC(C)c1c(-c2ccccc2)ccc(OC)c1C)NC(=O)c1cn(CCOC)nn1. The fourth-order valence-corrected chi connectivity index (χ4v) is 3.91. The minimum absolute atomic E-state index is 0.228. The first-order chi connectivity index (χ1) is 16.4. The fourth-order valence-electron chi connectivity index (χ4n) is 3.91. The van der Waals surface area contributed by atoms with Crippen LogP contribution in [0, 0.1) is 6.92 Å². The zero-order chi connectivity index (χ0) is 24.5. The van der Waals surface area contributed by atoms with Gasteiger partial charge < -0.3 is 14.8 Å². The molecular formula is C27H32N4O3. The normalized spacial score (nSPS) is 12.0. The number of amides is 1. The van der Waals surface area contributed by atoms with E-state index in [-0.39, 0.29) is 17.5 Å². The van der Waals surface area contributed by atoms with Crippen molar-refractivity contribution in [1.82, 2.24) is 20.3 Å². The average Bonchev–Trinajstić information content (AvgIpc) is 3.32. The lowest BCUT2D eigenvalue weighted by Gasteiger charge is -2.20. The molecule has 0 aliphatic rings. The van der Waals surface area contributed by atoms with E-state index in [9.17, 15) is 4.79 Å². The minimum atomic E-state index is -0.346. The first kappa shape index (κ1) is 24.9. The first-order valence-electron chi connectivity index (χ1n) is 11.2. The van der Waals surface area contributed by atoms with E-state index >= 15 is 0 Å². The summed E-state index contributed by atoms with van der Waals surface area (Å²) < 4.78 is 12.2. The Bertz CT molecular complexity index is 1150. The Morgan fingerprint density at radius 2 is 1.97 bits per heavy atom. The smallest absolute Gasteiger partial charge is 0.277 e. The van der Waals surface area contributed by atoms with Crippen LogP contribution in [0.25, 0.3) is 11.1 Å². The van der Waals surface area contributed by atoms with E-state index in [1.54, 1.807) is 25.1 Å². The van der Waals surface area contributed by atoms with Crippen molar-refractivity contribution in [3.05, 3.63) is 89.9 Å². The van der Waals surface area contributed by atoms with Crippen LogP contribution in [-0.2, 0) is 11.3 Å². The Morgan fingerprint density at radius 1 is 1.21 bits per heavy atom. The molecule has 0 saturated heterocycles. The maximum Gasteiger partial charge on any atom is 0.277 e. The highest BCUT2D eigenvalue weighted by Crippen LogP contribution is 2.37. The summed E-state index contributed by atoms with van der Waals surface area (Å²) in [5, 5.41) is 10.6. The zero-order valence-corrected chi connectivity index (χ0v) is 20.2. The van der Waals surface area contributed by atoms with Gasteiger partial charge in [-0.3, -0.25) is 4.79 Å². The van der Waals surface area contributed by atoms with Crippen LogP contribution in [0.1, 0.15) is 40.9 Å². The number of hydrogen-bond acceptors (Lipinski definition) is 5. The predicted octanol–water partition coefficient (Wildman–Crippen LogP) is 4.90. The van der Waals surface area contributed by atoms with Gasteiger partial charge in [-0.25, -0.2) is 4.68 Å². The topological polar surface area (TPSA) is 78.3 Å². The Morgan fingerprint density at radius 3 is 2.68 bits per heavy atom. The molecule has 0 saturated carbocycles. The Labute approximate surface area is 201 Å². The molecule has 0 radical (unpaired) electrons. The number of nitrogens with one attached hydrogen (secondary N) is 1. The molecule has 3 rings (SSSR count).